The van der Waals surface area contributed by atoms with Gasteiger partial charge in [-0.05, 0) is 31.4 Å². The highest BCUT2D eigenvalue weighted by Gasteiger charge is 2.25. The van der Waals surface area contributed by atoms with Gasteiger partial charge in [-0.15, -0.1) is 0 Å². The van der Waals surface area contributed by atoms with Crippen molar-refractivity contribution >= 4 is 5.91 Å². The lowest BCUT2D eigenvalue weighted by atomic mass is 10.00. The fraction of sp³-hybridized carbons (Fsp3) is 0.444. The van der Waals surface area contributed by atoms with Gasteiger partial charge in [-0.1, -0.05) is 32.0 Å². The predicted octanol–water partition coefficient (Wildman–Crippen LogP) is 3.15. The van der Waals surface area contributed by atoms with Gasteiger partial charge < -0.3 is 14.5 Å². The van der Waals surface area contributed by atoms with Gasteiger partial charge in [0.15, 0.2) is 5.89 Å². The summed E-state index contributed by atoms with van der Waals surface area (Å²) in [6, 6.07) is 6.01. The molecule has 2 aromatic rings. The van der Waals surface area contributed by atoms with Crippen molar-refractivity contribution in [3.05, 3.63) is 46.7 Å². The molecule has 1 N–H and O–H groups in total. The first kappa shape index (κ1) is 15.6. The van der Waals surface area contributed by atoms with Crippen LogP contribution in [0.1, 0.15) is 53.0 Å². The van der Waals surface area contributed by atoms with Gasteiger partial charge in [-0.3, -0.25) is 4.79 Å². The number of carbonyl (C=O) groups excluding carboxylic acids is 1. The molecule has 122 valence electrons. The molecule has 0 spiro atoms. The summed E-state index contributed by atoms with van der Waals surface area (Å²) in [7, 11) is 0. The fourth-order valence-electron chi connectivity index (χ4n) is 2.81. The molecule has 2 heterocycles. The van der Waals surface area contributed by atoms with E-state index in [2.05, 4.69) is 10.3 Å². The van der Waals surface area contributed by atoms with Crippen molar-refractivity contribution in [3.63, 3.8) is 0 Å². The molecule has 1 aromatic heterocycles. The lowest BCUT2D eigenvalue weighted by Crippen LogP contribution is -2.42. The van der Waals surface area contributed by atoms with Crippen LogP contribution in [-0.2, 0) is 6.42 Å². The van der Waals surface area contributed by atoms with E-state index < -0.39 is 0 Å². The molecule has 1 aliphatic rings. The Morgan fingerprint density at radius 2 is 2.13 bits per heavy atom. The first-order chi connectivity index (χ1) is 11.0. The van der Waals surface area contributed by atoms with Crippen LogP contribution in [0.4, 0.5) is 0 Å². The number of aryl methyl sites for hydroxylation is 2. The smallest absolute Gasteiger partial charge is 0.289 e. The number of aromatic nitrogens is 1. The lowest BCUT2D eigenvalue weighted by molar-refractivity contribution is 0.0884. The van der Waals surface area contributed by atoms with Crippen molar-refractivity contribution in [2.45, 2.75) is 46.1 Å². The normalized spacial score (nSPS) is 16.8. The topological polar surface area (TPSA) is 64.4 Å². The number of hydrogen-bond acceptors (Lipinski definition) is 4. The molecule has 0 unspecified atom stereocenters. The number of amides is 1. The van der Waals surface area contributed by atoms with Crippen molar-refractivity contribution in [2.24, 2.45) is 0 Å². The van der Waals surface area contributed by atoms with Crippen LogP contribution in [0.25, 0.3) is 0 Å². The van der Waals surface area contributed by atoms with Crippen LogP contribution in [0.3, 0.4) is 0 Å². The maximum atomic E-state index is 12.4. The number of carbonyl (C=O) groups is 1. The molecule has 0 radical (unpaired) electrons. The van der Waals surface area contributed by atoms with E-state index in [1.165, 1.54) is 0 Å². The van der Waals surface area contributed by atoms with E-state index in [0.717, 1.165) is 23.3 Å². The molecular formula is C18H22N2O3. The molecule has 0 bridgehead atoms. The Morgan fingerprint density at radius 3 is 2.83 bits per heavy atom. The summed E-state index contributed by atoms with van der Waals surface area (Å²) < 4.78 is 11.4. The van der Waals surface area contributed by atoms with E-state index in [9.17, 15) is 4.79 Å². The Hall–Kier alpha value is -2.30. The Morgan fingerprint density at radius 1 is 1.35 bits per heavy atom. The van der Waals surface area contributed by atoms with Gasteiger partial charge in [-0.2, -0.15) is 0 Å². The highest BCUT2D eigenvalue weighted by molar-refractivity contribution is 5.92. The van der Waals surface area contributed by atoms with Crippen LogP contribution >= 0.6 is 0 Å². The number of nitrogens with zero attached hydrogens (tertiary/aromatic N) is 1. The summed E-state index contributed by atoms with van der Waals surface area (Å²) >= 11 is 0. The summed E-state index contributed by atoms with van der Waals surface area (Å²) in [4.78, 5) is 16.8. The second-order valence-corrected chi connectivity index (χ2v) is 6.37. The van der Waals surface area contributed by atoms with E-state index in [0.29, 0.717) is 24.0 Å². The minimum atomic E-state index is -0.230. The number of para-hydroxylation sites is 1. The number of rotatable bonds is 3. The van der Waals surface area contributed by atoms with Crippen molar-refractivity contribution in [2.75, 3.05) is 6.61 Å². The van der Waals surface area contributed by atoms with Gasteiger partial charge >= 0.3 is 0 Å². The number of oxazole rings is 1. The van der Waals surface area contributed by atoms with Gasteiger partial charge in [0.05, 0.1) is 11.7 Å². The van der Waals surface area contributed by atoms with Gasteiger partial charge in [0.25, 0.3) is 5.91 Å². The van der Waals surface area contributed by atoms with Gasteiger partial charge in [-0.25, -0.2) is 4.98 Å². The molecule has 1 aliphatic heterocycles. The number of ether oxygens (including phenoxy) is 1. The van der Waals surface area contributed by atoms with E-state index in [1.807, 2.05) is 39.0 Å². The Kier molecular flexibility index (Phi) is 4.11. The van der Waals surface area contributed by atoms with Crippen molar-refractivity contribution < 1.29 is 13.9 Å². The number of fused-ring (bicyclic) bond motifs is 1. The average Bonchev–Trinajstić information content (AvgIpc) is 2.90. The molecule has 1 amide bonds. The van der Waals surface area contributed by atoms with E-state index in [4.69, 9.17) is 9.15 Å². The van der Waals surface area contributed by atoms with Crippen LogP contribution in [0.2, 0.25) is 0 Å². The maximum absolute atomic E-state index is 12.4. The highest BCUT2D eigenvalue weighted by Crippen LogP contribution is 2.28. The van der Waals surface area contributed by atoms with Crippen LogP contribution in [0.5, 0.6) is 5.75 Å². The molecule has 0 saturated heterocycles. The molecule has 0 saturated carbocycles. The van der Waals surface area contributed by atoms with E-state index >= 15 is 0 Å². The fourth-order valence-corrected chi connectivity index (χ4v) is 2.81. The molecular weight excluding hydrogens is 292 g/mol. The minimum absolute atomic E-state index is 0.0659. The van der Waals surface area contributed by atoms with E-state index in [-0.39, 0.29) is 17.9 Å². The second kappa shape index (κ2) is 6.07. The largest absolute Gasteiger partial charge is 0.491 e. The third-order valence-corrected chi connectivity index (χ3v) is 4.04. The lowest BCUT2D eigenvalue weighted by Gasteiger charge is -2.27. The molecule has 5 nitrogen and oxygen atoms in total. The van der Waals surface area contributed by atoms with Crippen LogP contribution < -0.4 is 10.1 Å². The zero-order valence-corrected chi connectivity index (χ0v) is 14.0. The summed E-state index contributed by atoms with van der Waals surface area (Å²) in [5, 5.41) is 2.99. The van der Waals surface area contributed by atoms with Gasteiger partial charge in [0, 0.05) is 5.92 Å². The second-order valence-electron chi connectivity index (χ2n) is 6.37. The zero-order chi connectivity index (χ0) is 16.6. The Labute approximate surface area is 136 Å². The first-order valence-corrected chi connectivity index (χ1v) is 7.95. The average molecular weight is 314 g/mol. The number of hydrogen-bond donors (Lipinski definition) is 1. The monoisotopic (exact) mass is 314 g/mol. The molecule has 3 rings (SSSR count). The third-order valence-electron chi connectivity index (χ3n) is 4.04. The summed E-state index contributed by atoms with van der Waals surface area (Å²) in [5.41, 5.74) is 2.87. The molecule has 5 heteroatoms. The minimum Gasteiger partial charge on any atom is -0.491 e. The van der Waals surface area contributed by atoms with Crippen LogP contribution in [-0.4, -0.2) is 23.5 Å². The van der Waals surface area contributed by atoms with Crippen molar-refractivity contribution in [1.29, 1.82) is 0 Å². The van der Waals surface area contributed by atoms with Crippen molar-refractivity contribution in [1.82, 2.24) is 10.3 Å². The molecule has 23 heavy (non-hydrogen) atoms. The van der Waals surface area contributed by atoms with Gasteiger partial charge in [0.2, 0.25) is 5.76 Å². The zero-order valence-electron chi connectivity index (χ0n) is 14.0. The summed E-state index contributed by atoms with van der Waals surface area (Å²) in [5.74, 6) is 1.75. The summed E-state index contributed by atoms with van der Waals surface area (Å²) in [6.45, 7) is 8.26. The highest BCUT2D eigenvalue weighted by atomic mass is 16.5. The molecule has 0 fully saturated rings. The molecule has 1 atom stereocenters. The summed E-state index contributed by atoms with van der Waals surface area (Å²) in [6.07, 6.45) is 0.757. The Balaban J connectivity index is 1.72. The standard InChI is InChI=1S/C18H22N2O3/c1-10(2)18-19-12(4)16(23-18)17(21)20-14-8-13-7-5-6-11(3)15(13)22-9-14/h5-7,10,14H,8-9H2,1-4H3,(H,20,21)/t14-/m0/s1. The SMILES string of the molecule is Cc1cccc2c1OC[C@@H](NC(=O)c1oc(C(C)C)nc1C)C2. The quantitative estimate of drug-likeness (QED) is 0.945. The van der Waals surface area contributed by atoms with Gasteiger partial charge in [0.1, 0.15) is 12.4 Å². The molecule has 0 aliphatic carbocycles. The predicted molar refractivity (Wildman–Crippen MR) is 87.0 cm³/mol. The van der Waals surface area contributed by atoms with Crippen LogP contribution in [0.15, 0.2) is 22.6 Å². The van der Waals surface area contributed by atoms with E-state index in [1.54, 1.807) is 6.92 Å². The number of benzene rings is 1. The maximum Gasteiger partial charge on any atom is 0.289 e. The third kappa shape index (κ3) is 3.09. The van der Waals surface area contributed by atoms with Crippen molar-refractivity contribution in [3.8, 4) is 5.75 Å². The first-order valence-electron chi connectivity index (χ1n) is 7.95. The molecule has 1 aromatic carbocycles. The number of nitrogens with one attached hydrogen (secondary N) is 1. The Bertz CT molecular complexity index is 734. The van der Waals surface area contributed by atoms with Crippen LogP contribution in [0, 0.1) is 13.8 Å².